The second-order valence-electron chi connectivity index (χ2n) is 5.37. The second-order valence-corrected chi connectivity index (χ2v) is 5.37. The molecule has 3 aromatic rings. The zero-order valence-corrected chi connectivity index (χ0v) is 13.7. The van der Waals surface area contributed by atoms with Gasteiger partial charge in [-0.05, 0) is 31.2 Å². The van der Waals surface area contributed by atoms with E-state index in [1.807, 2.05) is 31.2 Å². The molecule has 0 aliphatic heterocycles. The monoisotopic (exact) mass is 336 g/mol. The van der Waals surface area contributed by atoms with Crippen LogP contribution >= 0.6 is 0 Å². The van der Waals surface area contributed by atoms with Crippen molar-refractivity contribution >= 4 is 18.1 Å². The van der Waals surface area contributed by atoms with E-state index in [-0.39, 0.29) is 5.56 Å². The molecule has 0 fully saturated rings. The number of hydrogen-bond donors (Lipinski definition) is 2. The molecular formula is C18H16N4O3. The Bertz CT molecular complexity index is 984. The van der Waals surface area contributed by atoms with Crippen LogP contribution in [0, 0.1) is 6.92 Å². The van der Waals surface area contributed by atoms with E-state index in [1.165, 1.54) is 19.5 Å². The average molecular weight is 336 g/mol. The summed E-state index contributed by atoms with van der Waals surface area (Å²) in [5, 5.41) is 2.38. The molecule has 0 saturated carbocycles. The summed E-state index contributed by atoms with van der Waals surface area (Å²) in [6.45, 7) is 2.01. The Morgan fingerprint density at radius 1 is 1.24 bits per heavy atom. The number of oxazole rings is 1. The standard InChI is InChI=1S/C18H16N4O3/c1-11-3-5-12(6-4-11)18-21-13(10-25-18)7-8-15-20-9-14(16(23)19-2)17(24)22-15/h3-10H,1-2H3,(H,19,23)(H,20,22,24)/b8-7+. The van der Waals surface area contributed by atoms with E-state index in [1.54, 1.807) is 12.2 Å². The molecule has 0 spiro atoms. The maximum atomic E-state index is 11.8. The highest BCUT2D eigenvalue weighted by atomic mass is 16.3. The van der Waals surface area contributed by atoms with Crippen LogP contribution in [0.4, 0.5) is 0 Å². The van der Waals surface area contributed by atoms with Gasteiger partial charge in [0.1, 0.15) is 23.3 Å². The predicted octanol–water partition coefficient (Wildman–Crippen LogP) is 2.26. The molecule has 7 nitrogen and oxygen atoms in total. The summed E-state index contributed by atoms with van der Waals surface area (Å²) < 4.78 is 5.46. The third kappa shape index (κ3) is 3.72. The fourth-order valence-electron chi connectivity index (χ4n) is 2.15. The van der Waals surface area contributed by atoms with Gasteiger partial charge in [-0.2, -0.15) is 0 Å². The van der Waals surface area contributed by atoms with Gasteiger partial charge in [-0.15, -0.1) is 0 Å². The number of aromatic nitrogens is 3. The molecule has 0 bridgehead atoms. The van der Waals surface area contributed by atoms with E-state index < -0.39 is 11.5 Å². The first-order valence-corrected chi connectivity index (χ1v) is 7.59. The maximum Gasteiger partial charge on any atom is 0.263 e. The molecule has 1 amide bonds. The summed E-state index contributed by atoms with van der Waals surface area (Å²) in [6, 6.07) is 7.84. The van der Waals surface area contributed by atoms with E-state index in [4.69, 9.17) is 4.42 Å². The molecule has 0 aliphatic rings. The van der Waals surface area contributed by atoms with Crippen molar-refractivity contribution in [3.05, 3.63) is 69.7 Å². The summed E-state index contributed by atoms with van der Waals surface area (Å²) in [5.74, 6) is 0.345. The summed E-state index contributed by atoms with van der Waals surface area (Å²) in [6.07, 6.45) is 6.01. The smallest absolute Gasteiger partial charge is 0.263 e. The number of rotatable bonds is 4. The van der Waals surface area contributed by atoms with E-state index in [0.29, 0.717) is 17.4 Å². The van der Waals surface area contributed by atoms with Gasteiger partial charge < -0.3 is 14.7 Å². The van der Waals surface area contributed by atoms with Crippen molar-refractivity contribution in [3.8, 4) is 11.5 Å². The first kappa shape index (κ1) is 16.4. The van der Waals surface area contributed by atoms with Crippen LogP contribution in [0.15, 0.2) is 45.9 Å². The molecule has 2 aromatic heterocycles. The van der Waals surface area contributed by atoms with Gasteiger partial charge in [0.15, 0.2) is 0 Å². The number of hydrogen-bond acceptors (Lipinski definition) is 5. The highest BCUT2D eigenvalue weighted by Crippen LogP contribution is 2.19. The Morgan fingerprint density at radius 3 is 2.68 bits per heavy atom. The number of amides is 1. The molecule has 2 N–H and O–H groups in total. The van der Waals surface area contributed by atoms with Crippen LogP contribution in [0.5, 0.6) is 0 Å². The lowest BCUT2D eigenvalue weighted by molar-refractivity contribution is 0.0961. The van der Waals surface area contributed by atoms with Crippen LogP contribution in [0.1, 0.15) is 27.4 Å². The van der Waals surface area contributed by atoms with Gasteiger partial charge in [0.05, 0.1) is 0 Å². The summed E-state index contributed by atoms with van der Waals surface area (Å²) in [4.78, 5) is 34.3. The fourth-order valence-corrected chi connectivity index (χ4v) is 2.15. The van der Waals surface area contributed by atoms with Crippen LogP contribution in [0.2, 0.25) is 0 Å². The zero-order valence-electron chi connectivity index (χ0n) is 13.7. The van der Waals surface area contributed by atoms with Gasteiger partial charge in [0, 0.05) is 18.8 Å². The van der Waals surface area contributed by atoms with Crippen LogP contribution in [-0.2, 0) is 0 Å². The molecule has 126 valence electrons. The number of benzene rings is 1. The maximum absolute atomic E-state index is 11.8. The topological polar surface area (TPSA) is 101 Å². The van der Waals surface area contributed by atoms with Gasteiger partial charge in [0.2, 0.25) is 5.89 Å². The fraction of sp³-hybridized carbons (Fsp3) is 0.111. The van der Waals surface area contributed by atoms with Crippen LogP contribution in [-0.4, -0.2) is 27.9 Å². The molecular weight excluding hydrogens is 320 g/mol. The summed E-state index contributed by atoms with van der Waals surface area (Å²) >= 11 is 0. The van der Waals surface area contributed by atoms with E-state index in [0.717, 1.165) is 11.1 Å². The molecule has 0 saturated heterocycles. The first-order valence-electron chi connectivity index (χ1n) is 7.59. The van der Waals surface area contributed by atoms with Crippen molar-refractivity contribution in [2.24, 2.45) is 0 Å². The minimum absolute atomic E-state index is 0.0391. The Kier molecular flexibility index (Phi) is 4.56. The molecule has 0 atom stereocenters. The normalized spacial score (nSPS) is 11.0. The molecule has 3 rings (SSSR count). The number of nitrogens with one attached hydrogen (secondary N) is 2. The second kappa shape index (κ2) is 6.96. The van der Waals surface area contributed by atoms with E-state index in [9.17, 15) is 9.59 Å². The van der Waals surface area contributed by atoms with Crippen molar-refractivity contribution in [3.63, 3.8) is 0 Å². The number of aryl methyl sites for hydroxylation is 1. The van der Waals surface area contributed by atoms with Crippen molar-refractivity contribution in [2.45, 2.75) is 6.92 Å². The van der Waals surface area contributed by atoms with Gasteiger partial charge in [0.25, 0.3) is 11.5 Å². The zero-order chi connectivity index (χ0) is 17.8. The van der Waals surface area contributed by atoms with E-state index in [2.05, 4.69) is 20.3 Å². The highest BCUT2D eigenvalue weighted by Gasteiger charge is 2.09. The molecule has 2 heterocycles. The SMILES string of the molecule is CNC(=O)c1cnc(/C=C/c2coc(-c3ccc(C)cc3)n2)[nH]c1=O. The average Bonchev–Trinajstić information content (AvgIpc) is 3.09. The molecule has 0 unspecified atom stereocenters. The van der Waals surface area contributed by atoms with Crippen molar-refractivity contribution in [2.75, 3.05) is 7.05 Å². The third-order valence-electron chi connectivity index (χ3n) is 3.52. The number of carbonyl (C=O) groups excluding carboxylic acids is 1. The molecule has 1 aromatic carbocycles. The molecule has 0 aliphatic carbocycles. The van der Waals surface area contributed by atoms with Gasteiger partial charge in [-0.1, -0.05) is 17.7 Å². The molecule has 7 heteroatoms. The lowest BCUT2D eigenvalue weighted by Gasteiger charge is -1.98. The van der Waals surface area contributed by atoms with Crippen molar-refractivity contribution < 1.29 is 9.21 Å². The minimum Gasteiger partial charge on any atom is -0.444 e. The van der Waals surface area contributed by atoms with Crippen molar-refractivity contribution in [1.29, 1.82) is 0 Å². The van der Waals surface area contributed by atoms with E-state index >= 15 is 0 Å². The largest absolute Gasteiger partial charge is 0.444 e. The summed E-state index contributed by atoms with van der Waals surface area (Å²) in [5.41, 5.74) is 2.09. The molecule has 25 heavy (non-hydrogen) atoms. The van der Waals surface area contributed by atoms with Crippen LogP contribution < -0.4 is 10.9 Å². The Morgan fingerprint density at radius 2 is 2.00 bits per heavy atom. The quantitative estimate of drug-likeness (QED) is 0.761. The van der Waals surface area contributed by atoms with Gasteiger partial charge >= 0.3 is 0 Å². The lowest BCUT2D eigenvalue weighted by Crippen LogP contribution is -2.27. The number of H-pyrrole nitrogens is 1. The number of nitrogens with zero attached hydrogens (tertiary/aromatic N) is 2. The Balaban J connectivity index is 1.79. The first-order chi connectivity index (χ1) is 12.1. The van der Waals surface area contributed by atoms with Gasteiger partial charge in [-0.25, -0.2) is 9.97 Å². The number of carbonyl (C=O) groups is 1. The number of aromatic amines is 1. The Hall–Kier alpha value is -3.48. The van der Waals surface area contributed by atoms with Gasteiger partial charge in [-0.3, -0.25) is 9.59 Å². The predicted molar refractivity (Wildman–Crippen MR) is 93.9 cm³/mol. The molecule has 0 radical (unpaired) electrons. The third-order valence-corrected chi connectivity index (χ3v) is 3.52. The lowest BCUT2D eigenvalue weighted by atomic mass is 10.1. The van der Waals surface area contributed by atoms with Crippen molar-refractivity contribution in [1.82, 2.24) is 20.3 Å². The highest BCUT2D eigenvalue weighted by molar-refractivity contribution is 5.93. The van der Waals surface area contributed by atoms with Crippen LogP contribution in [0.3, 0.4) is 0 Å². The Labute approximate surface area is 143 Å². The minimum atomic E-state index is -0.505. The summed E-state index contributed by atoms with van der Waals surface area (Å²) in [7, 11) is 1.45. The van der Waals surface area contributed by atoms with Crippen LogP contribution in [0.25, 0.3) is 23.6 Å².